The lowest BCUT2D eigenvalue weighted by Gasteiger charge is -2.35. The van der Waals surface area contributed by atoms with Crippen LogP contribution in [0.3, 0.4) is 0 Å². The Hall–Kier alpha value is -3.99. The fraction of sp³-hybridized carbons (Fsp3) is 0.444. The summed E-state index contributed by atoms with van der Waals surface area (Å²) >= 11 is 6.15. The van der Waals surface area contributed by atoms with E-state index in [1.54, 1.807) is 46.2 Å². The number of hydrogen-bond donors (Lipinski definition) is 2. The minimum absolute atomic E-state index is 0.0582. The van der Waals surface area contributed by atoms with Crippen molar-refractivity contribution in [3.8, 4) is 0 Å². The van der Waals surface area contributed by atoms with Crippen LogP contribution < -0.4 is 10.2 Å². The number of carbonyl (C=O) groups is 4. The number of unbranched alkanes of at least 4 members (excludes halogenated alkanes) is 3. The van der Waals surface area contributed by atoms with E-state index in [0.29, 0.717) is 36.5 Å². The second-order valence-electron chi connectivity index (χ2n) is 12.5. The Morgan fingerprint density at radius 1 is 0.936 bits per heavy atom. The molecule has 6 rings (SSSR count). The van der Waals surface area contributed by atoms with E-state index in [1.165, 1.54) is 0 Å². The van der Waals surface area contributed by atoms with Gasteiger partial charge in [-0.3, -0.25) is 19.2 Å². The van der Waals surface area contributed by atoms with E-state index in [1.807, 2.05) is 42.5 Å². The largest absolute Gasteiger partial charge is 0.463 e. The Kier molecular flexibility index (Phi) is 10.1. The molecule has 2 N–H and O–H groups in total. The van der Waals surface area contributed by atoms with E-state index in [9.17, 15) is 24.3 Å². The van der Waals surface area contributed by atoms with Gasteiger partial charge in [0.1, 0.15) is 18.2 Å². The molecular weight excluding hydrogens is 622 g/mol. The maximum atomic E-state index is 14.6. The SMILES string of the molecule is O=C1CC/C=C\[C@@H]2O[C@@]34C=CCN(c5ccc(Cl)cc5)C(=O)[C@@H]3N(CCCCCCO)C(=O)[C@H]4[C@@H]2C(=O)N[C@@H](c2ccccc2)CO1. The first-order chi connectivity index (χ1) is 22.8. The minimum atomic E-state index is -1.40. The average molecular weight is 662 g/mol. The van der Waals surface area contributed by atoms with Crippen molar-refractivity contribution < 1.29 is 33.8 Å². The van der Waals surface area contributed by atoms with Crippen LogP contribution in [-0.4, -0.2) is 77.7 Å². The zero-order valence-corrected chi connectivity index (χ0v) is 26.9. The Labute approximate surface area is 279 Å². The van der Waals surface area contributed by atoms with E-state index >= 15 is 0 Å². The average Bonchev–Trinajstić information content (AvgIpc) is 3.45. The van der Waals surface area contributed by atoms with E-state index in [-0.39, 0.29) is 44.0 Å². The first-order valence-corrected chi connectivity index (χ1v) is 16.7. The van der Waals surface area contributed by atoms with Crippen LogP contribution in [0.2, 0.25) is 5.02 Å². The third-order valence-corrected chi connectivity index (χ3v) is 9.76. The molecule has 2 fully saturated rings. The van der Waals surface area contributed by atoms with Crippen LogP contribution in [0.15, 0.2) is 78.9 Å². The van der Waals surface area contributed by atoms with Crippen molar-refractivity contribution in [2.75, 3.05) is 31.2 Å². The van der Waals surface area contributed by atoms with Gasteiger partial charge >= 0.3 is 5.97 Å². The van der Waals surface area contributed by atoms with Crippen LogP contribution in [0.25, 0.3) is 0 Å². The molecular formula is C36H40ClN3O7. The molecule has 248 valence electrons. The molecule has 0 saturated carbocycles. The molecule has 2 aromatic carbocycles. The summed E-state index contributed by atoms with van der Waals surface area (Å²) in [5.41, 5.74) is -0.00117. The quantitative estimate of drug-likeness (QED) is 0.248. The lowest BCUT2D eigenvalue weighted by atomic mass is 9.77. The summed E-state index contributed by atoms with van der Waals surface area (Å²) in [5, 5.41) is 12.8. The van der Waals surface area contributed by atoms with Gasteiger partial charge in [-0.2, -0.15) is 0 Å². The molecule has 2 aromatic rings. The highest BCUT2D eigenvalue weighted by atomic mass is 35.5. The number of nitrogens with zero attached hydrogens (tertiary/aromatic N) is 2. The number of esters is 1. The summed E-state index contributed by atoms with van der Waals surface area (Å²) < 4.78 is 12.3. The molecule has 0 aromatic heterocycles. The molecule has 4 aliphatic rings. The first-order valence-electron chi connectivity index (χ1n) is 16.4. The zero-order valence-electron chi connectivity index (χ0n) is 26.1. The summed E-state index contributed by atoms with van der Waals surface area (Å²) in [6.45, 7) is 0.595. The van der Waals surface area contributed by atoms with Gasteiger partial charge in [0.25, 0.3) is 5.91 Å². The fourth-order valence-electron chi connectivity index (χ4n) is 7.28. The Morgan fingerprint density at radius 2 is 1.70 bits per heavy atom. The van der Waals surface area contributed by atoms with Gasteiger partial charge in [0.15, 0.2) is 0 Å². The van der Waals surface area contributed by atoms with Crippen molar-refractivity contribution in [2.45, 2.75) is 62.3 Å². The third-order valence-electron chi connectivity index (χ3n) is 9.51. The smallest absolute Gasteiger partial charge is 0.306 e. The van der Waals surface area contributed by atoms with Crippen LogP contribution in [0.5, 0.6) is 0 Å². The maximum Gasteiger partial charge on any atom is 0.306 e. The number of halogens is 1. The molecule has 4 aliphatic heterocycles. The molecule has 0 aliphatic carbocycles. The standard InChI is InChI=1S/C36H40ClN3O7/c37-25-15-17-26(18-16-25)39-21-10-19-36-31(34(44)40(32(36)35(39)45)20-8-1-2-9-22-41)30-28(47-36)13-6-7-14-29(42)46-23-27(38-33(30)43)24-11-4-3-5-12-24/h3-6,10-13,15-19,27-28,30-32,41H,1-2,7-9,14,20-23H2,(H,38,43)/b13-6-/t27-,28+,30-,31-,32+,36-/m1/s1. The molecule has 3 amide bonds. The van der Waals surface area contributed by atoms with Crippen molar-refractivity contribution in [2.24, 2.45) is 11.8 Å². The highest BCUT2D eigenvalue weighted by Gasteiger charge is 2.71. The van der Waals surface area contributed by atoms with Gasteiger partial charge in [0.2, 0.25) is 11.8 Å². The molecule has 47 heavy (non-hydrogen) atoms. The second kappa shape index (κ2) is 14.4. The Balaban J connectivity index is 1.39. The van der Waals surface area contributed by atoms with Crippen LogP contribution >= 0.6 is 11.6 Å². The number of benzene rings is 2. The number of amides is 3. The molecule has 0 bridgehead atoms. The predicted molar refractivity (Wildman–Crippen MR) is 175 cm³/mol. The molecule has 10 nitrogen and oxygen atoms in total. The summed E-state index contributed by atoms with van der Waals surface area (Å²) in [6.07, 6.45) is 9.74. The first kappa shape index (κ1) is 32.9. The number of carbonyl (C=O) groups excluding carboxylic acids is 4. The zero-order chi connectivity index (χ0) is 33.0. The van der Waals surface area contributed by atoms with E-state index < -0.39 is 41.5 Å². The highest BCUT2D eigenvalue weighted by Crippen LogP contribution is 2.53. The topological polar surface area (TPSA) is 125 Å². The Morgan fingerprint density at radius 3 is 2.47 bits per heavy atom. The Bertz CT molecular complexity index is 1530. The summed E-state index contributed by atoms with van der Waals surface area (Å²) in [7, 11) is 0. The summed E-state index contributed by atoms with van der Waals surface area (Å²) in [6, 6.07) is 14.6. The van der Waals surface area contributed by atoms with Gasteiger partial charge in [-0.15, -0.1) is 0 Å². The van der Waals surface area contributed by atoms with Crippen LogP contribution in [-0.2, 0) is 28.7 Å². The summed E-state index contributed by atoms with van der Waals surface area (Å²) in [5.74, 6) is -3.31. The molecule has 6 atom stereocenters. The second-order valence-corrected chi connectivity index (χ2v) is 12.9. The number of aliphatic hydroxyl groups excluding tert-OH is 1. The number of fused-ring (bicyclic) bond motifs is 2. The maximum absolute atomic E-state index is 14.6. The molecule has 0 radical (unpaired) electrons. The van der Waals surface area contributed by atoms with E-state index in [0.717, 1.165) is 18.4 Å². The number of likely N-dealkylation sites (tertiary alicyclic amines) is 1. The number of aliphatic hydroxyl groups is 1. The van der Waals surface area contributed by atoms with Crippen molar-refractivity contribution in [1.29, 1.82) is 0 Å². The van der Waals surface area contributed by atoms with Crippen molar-refractivity contribution in [3.05, 3.63) is 89.5 Å². The lowest BCUT2D eigenvalue weighted by Crippen LogP contribution is -2.55. The normalized spacial score (nSPS) is 30.0. The number of nitrogens with one attached hydrogen (secondary N) is 1. The monoisotopic (exact) mass is 661 g/mol. The molecule has 1 spiro atoms. The van der Waals surface area contributed by atoms with Crippen molar-refractivity contribution in [3.63, 3.8) is 0 Å². The molecule has 4 heterocycles. The molecule has 11 heteroatoms. The lowest BCUT2D eigenvalue weighted by molar-refractivity contribution is -0.146. The minimum Gasteiger partial charge on any atom is -0.463 e. The number of rotatable bonds is 8. The highest BCUT2D eigenvalue weighted by molar-refractivity contribution is 6.30. The molecule has 2 saturated heterocycles. The van der Waals surface area contributed by atoms with Crippen LogP contribution in [0.1, 0.15) is 50.1 Å². The van der Waals surface area contributed by atoms with Crippen LogP contribution in [0, 0.1) is 11.8 Å². The number of hydrogen-bond acceptors (Lipinski definition) is 7. The van der Waals surface area contributed by atoms with E-state index in [2.05, 4.69) is 5.32 Å². The van der Waals surface area contributed by atoms with Gasteiger partial charge in [0.05, 0.1) is 24.0 Å². The van der Waals surface area contributed by atoms with Gasteiger partial charge in [-0.05, 0) is 49.1 Å². The molecule has 0 unspecified atom stereocenters. The number of cyclic esters (lactones) is 1. The van der Waals surface area contributed by atoms with E-state index in [4.69, 9.17) is 21.1 Å². The number of allylic oxidation sites excluding steroid dienone is 1. The predicted octanol–water partition coefficient (Wildman–Crippen LogP) is 4.13. The van der Waals surface area contributed by atoms with Crippen molar-refractivity contribution >= 4 is 41.0 Å². The fourth-order valence-corrected chi connectivity index (χ4v) is 7.40. The number of anilines is 1. The van der Waals surface area contributed by atoms with Gasteiger partial charge in [0, 0.05) is 36.8 Å². The third kappa shape index (κ3) is 6.59. The summed E-state index contributed by atoms with van der Waals surface area (Å²) in [4.78, 5) is 59.3. The van der Waals surface area contributed by atoms with Gasteiger partial charge < -0.3 is 29.7 Å². The number of ether oxygens (including phenoxy) is 2. The van der Waals surface area contributed by atoms with Crippen LogP contribution in [0.4, 0.5) is 5.69 Å². The van der Waals surface area contributed by atoms with Gasteiger partial charge in [-0.1, -0.05) is 79.1 Å². The van der Waals surface area contributed by atoms with Gasteiger partial charge in [-0.25, -0.2) is 0 Å². The van der Waals surface area contributed by atoms with Crippen molar-refractivity contribution in [1.82, 2.24) is 10.2 Å².